The molecule has 2 rings (SSSR count). The zero-order chi connectivity index (χ0) is 14.7. The maximum atomic E-state index is 12.1. The third-order valence-electron chi connectivity index (χ3n) is 3.68. The Balaban J connectivity index is 1.95. The summed E-state index contributed by atoms with van der Waals surface area (Å²) in [7, 11) is 0. The van der Waals surface area contributed by atoms with Crippen molar-refractivity contribution in [2.75, 3.05) is 13.2 Å². The Morgan fingerprint density at radius 2 is 2.20 bits per heavy atom. The third-order valence-corrected chi connectivity index (χ3v) is 3.68. The molecule has 1 amide bonds. The predicted octanol–water partition coefficient (Wildman–Crippen LogP) is 2.44. The summed E-state index contributed by atoms with van der Waals surface area (Å²) in [5, 5.41) is 9.53. The van der Waals surface area contributed by atoms with Gasteiger partial charge in [0, 0.05) is 12.6 Å². The summed E-state index contributed by atoms with van der Waals surface area (Å²) in [6, 6.07) is 5.96. The summed E-state index contributed by atoms with van der Waals surface area (Å²) < 4.78 is 5.62. The molecule has 0 saturated heterocycles. The minimum absolute atomic E-state index is 0.0500. The van der Waals surface area contributed by atoms with Crippen LogP contribution < -0.4 is 4.74 Å². The normalized spacial score (nSPS) is 15.8. The van der Waals surface area contributed by atoms with E-state index in [4.69, 9.17) is 4.74 Å². The lowest BCUT2D eigenvalue weighted by atomic mass is 10.1. The second kappa shape index (κ2) is 6.27. The topological polar surface area (TPSA) is 49.8 Å². The van der Waals surface area contributed by atoms with E-state index < -0.39 is 6.10 Å². The molecule has 4 nitrogen and oxygen atoms in total. The molecule has 1 aromatic rings. The quantitative estimate of drug-likeness (QED) is 0.869. The van der Waals surface area contributed by atoms with Gasteiger partial charge in [0.1, 0.15) is 5.75 Å². The summed E-state index contributed by atoms with van der Waals surface area (Å²) in [4.78, 5) is 14.0. The Labute approximate surface area is 120 Å². The number of likely N-dealkylation sites (N-methyl/N-ethyl adjacent to an activating group) is 1. The Bertz CT molecular complexity index is 481. The lowest BCUT2D eigenvalue weighted by Crippen LogP contribution is -2.36. The summed E-state index contributed by atoms with van der Waals surface area (Å²) in [6.07, 6.45) is 1.73. The number of aliphatic hydroxyl groups is 1. The van der Waals surface area contributed by atoms with Crippen molar-refractivity contribution in [1.82, 2.24) is 4.90 Å². The molecule has 0 aliphatic heterocycles. The van der Waals surface area contributed by atoms with Crippen molar-refractivity contribution in [3.05, 3.63) is 29.3 Å². The van der Waals surface area contributed by atoms with E-state index in [9.17, 15) is 9.90 Å². The first kappa shape index (κ1) is 14.9. The number of aliphatic hydroxyl groups excluding tert-OH is 1. The van der Waals surface area contributed by atoms with Gasteiger partial charge in [-0.2, -0.15) is 0 Å². The van der Waals surface area contributed by atoms with Gasteiger partial charge in [0.15, 0.2) is 6.61 Å². The molecule has 1 fully saturated rings. The van der Waals surface area contributed by atoms with E-state index in [2.05, 4.69) is 0 Å². The number of benzene rings is 1. The largest absolute Gasteiger partial charge is 0.484 e. The number of rotatable bonds is 6. The van der Waals surface area contributed by atoms with Crippen LogP contribution in [0.5, 0.6) is 5.75 Å². The van der Waals surface area contributed by atoms with Crippen LogP contribution in [0.3, 0.4) is 0 Å². The van der Waals surface area contributed by atoms with E-state index in [1.807, 2.05) is 36.9 Å². The first-order chi connectivity index (χ1) is 9.52. The highest BCUT2D eigenvalue weighted by atomic mass is 16.5. The standard InChI is InChI=1S/C16H23NO3/c1-4-17(14-6-7-14)16(19)10-20-15-8-5-13(12(3)18)9-11(15)2/h5,8-9,12,14,18H,4,6-7,10H2,1-3H3/t12-/m0/s1. The fourth-order valence-electron chi connectivity index (χ4n) is 2.34. The first-order valence-corrected chi connectivity index (χ1v) is 7.23. The van der Waals surface area contributed by atoms with E-state index in [-0.39, 0.29) is 12.5 Å². The van der Waals surface area contributed by atoms with E-state index in [1.54, 1.807) is 6.92 Å². The highest BCUT2D eigenvalue weighted by Gasteiger charge is 2.31. The molecule has 1 aliphatic rings. The van der Waals surface area contributed by atoms with Crippen LogP contribution in [0.15, 0.2) is 18.2 Å². The van der Waals surface area contributed by atoms with Crippen LogP contribution in [-0.4, -0.2) is 35.1 Å². The average Bonchev–Trinajstić information content (AvgIpc) is 3.22. The van der Waals surface area contributed by atoms with Crippen LogP contribution in [0.4, 0.5) is 0 Å². The fourth-order valence-corrected chi connectivity index (χ4v) is 2.34. The minimum atomic E-state index is -0.491. The lowest BCUT2D eigenvalue weighted by Gasteiger charge is -2.20. The summed E-state index contributed by atoms with van der Waals surface area (Å²) >= 11 is 0. The van der Waals surface area contributed by atoms with Crippen molar-refractivity contribution in [1.29, 1.82) is 0 Å². The first-order valence-electron chi connectivity index (χ1n) is 7.23. The molecular formula is C16H23NO3. The van der Waals surface area contributed by atoms with E-state index in [0.29, 0.717) is 11.8 Å². The zero-order valence-electron chi connectivity index (χ0n) is 12.4. The van der Waals surface area contributed by atoms with Crippen LogP contribution in [0, 0.1) is 6.92 Å². The number of aryl methyl sites for hydroxylation is 1. The molecule has 20 heavy (non-hydrogen) atoms. The van der Waals surface area contributed by atoms with Gasteiger partial charge in [-0.05, 0) is 56.9 Å². The molecule has 110 valence electrons. The van der Waals surface area contributed by atoms with Crippen LogP contribution in [0.25, 0.3) is 0 Å². The maximum absolute atomic E-state index is 12.1. The van der Waals surface area contributed by atoms with Gasteiger partial charge in [-0.1, -0.05) is 6.07 Å². The maximum Gasteiger partial charge on any atom is 0.260 e. The Morgan fingerprint density at radius 1 is 1.50 bits per heavy atom. The van der Waals surface area contributed by atoms with Gasteiger partial charge in [-0.25, -0.2) is 0 Å². The Kier molecular flexibility index (Phi) is 4.65. The molecule has 0 bridgehead atoms. The van der Waals surface area contributed by atoms with Gasteiger partial charge >= 0.3 is 0 Å². The van der Waals surface area contributed by atoms with Gasteiger partial charge in [-0.3, -0.25) is 4.79 Å². The van der Waals surface area contributed by atoms with Crippen molar-refractivity contribution in [2.45, 2.75) is 45.8 Å². The van der Waals surface area contributed by atoms with Gasteiger partial charge < -0.3 is 14.7 Å². The molecular weight excluding hydrogens is 254 g/mol. The van der Waals surface area contributed by atoms with E-state index >= 15 is 0 Å². The van der Waals surface area contributed by atoms with Gasteiger partial charge in [0.05, 0.1) is 6.10 Å². The molecule has 4 heteroatoms. The number of amides is 1. The second-order valence-corrected chi connectivity index (χ2v) is 5.40. The fraction of sp³-hybridized carbons (Fsp3) is 0.562. The Hall–Kier alpha value is -1.55. The van der Waals surface area contributed by atoms with E-state index in [1.165, 1.54) is 0 Å². The van der Waals surface area contributed by atoms with Gasteiger partial charge in [0.25, 0.3) is 5.91 Å². The number of ether oxygens (including phenoxy) is 1. The molecule has 0 radical (unpaired) electrons. The summed E-state index contributed by atoms with van der Waals surface area (Å²) in [6.45, 7) is 6.47. The molecule has 0 unspecified atom stereocenters. The van der Waals surface area contributed by atoms with Crippen molar-refractivity contribution in [3.8, 4) is 5.75 Å². The molecule has 1 atom stereocenters. The third kappa shape index (κ3) is 3.51. The minimum Gasteiger partial charge on any atom is -0.484 e. The number of hydrogen-bond donors (Lipinski definition) is 1. The highest BCUT2D eigenvalue weighted by molar-refractivity contribution is 5.78. The lowest BCUT2D eigenvalue weighted by molar-refractivity contribution is -0.133. The van der Waals surface area contributed by atoms with Crippen molar-refractivity contribution < 1.29 is 14.6 Å². The molecule has 0 heterocycles. The van der Waals surface area contributed by atoms with Crippen molar-refractivity contribution in [2.24, 2.45) is 0 Å². The number of carbonyl (C=O) groups excluding carboxylic acids is 1. The molecule has 1 aromatic carbocycles. The van der Waals surface area contributed by atoms with Crippen LogP contribution in [0.1, 0.15) is 43.9 Å². The van der Waals surface area contributed by atoms with E-state index in [0.717, 1.165) is 30.5 Å². The molecule has 0 aromatic heterocycles. The number of carbonyl (C=O) groups is 1. The molecule has 1 N–H and O–H groups in total. The SMILES string of the molecule is CCN(C(=O)COc1ccc([C@H](C)O)cc1C)C1CC1. The number of hydrogen-bond acceptors (Lipinski definition) is 3. The summed E-state index contributed by atoms with van der Waals surface area (Å²) in [5.41, 5.74) is 1.79. The van der Waals surface area contributed by atoms with Gasteiger partial charge in [-0.15, -0.1) is 0 Å². The van der Waals surface area contributed by atoms with Crippen molar-refractivity contribution >= 4 is 5.91 Å². The zero-order valence-corrected chi connectivity index (χ0v) is 12.4. The second-order valence-electron chi connectivity index (χ2n) is 5.40. The van der Waals surface area contributed by atoms with Crippen LogP contribution >= 0.6 is 0 Å². The van der Waals surface area contributed by atoms with Crippen LogP contribution in [-0.2, 0) is 4.79 Å². The smallest absolute Gasteiger partial charge is 0.260 e. The highest BCUT2D eigenvalue weighted by Crippen LogP contribution is 2.27. The summed E-state index contributed by atoms with van der Waals surface area (Å²) in [5.74, 6) is 0.753. The Morgan fingerprint density at radius 3 is 2.70 bits per heavy atom. The predicted molar refractivity (Wildman–Crippen MR) is 77.7 cm³/mol. The van der Waals surface area contributed by atoms with Crippen molar-refractivity contribution in [3.63, 3.8) is 0 Å². The molecule has 0 spiro atoms. The van der Waals surface area contributed by atoms with Gasteiger partial charge in [0.2, 0.25) is 0 Å². The monoisotopic (exact) mass is 277 g/mol. The number of nitrogens with zero attached hydrogens (tertiary/aromatic N) is 1. The van der Waals surface area contributed by atoms with Crippen LogP contribution in [0.2, 0.25) is 0 Å². The average molecular weight is 277 g/mol. The molecule has 1 saturated carbocycles. The molecule has 1 aliphatic carbocycles.